The van der Waals surface area contributed by atoms with Crippen molar-refractivity contribution in [2.24, 2.45) is 0 Å². The quantitative estimate of drug-likeness (QED) is 0.791. The van der Waals surface area contributed by atoms with Crippen molar-refractivity contribution in [3.63, 3.8) is 0 Å². The molecule has 0 amide bonds. The highest BCUT2D eigenvalue weighted by Crippen LogP contribution is 2.24. The molecule has 1 aromatic carbocycles. The van der Waals surface area contributed by atoms with Gasteiger partial charge in [0.25, 0.3) is 0 Å². The Morgan fingerprint density at radius 2 is 1.88 bits per heavy atom. The van der Waals surface area contributed by atoms with E-state index in [1.54, 1.807) is 42.6 Å². The van der Waals surface area contributed by atoms with E-state index in [9.17, 15) is 8.42 Å². The lowest BCUT2D eigenvalue weighted by Gasteiger charge is -2.06. The maximum absolute atomic E-state index is 11.9. The van der Waals surface area contributed by atoms with Crippen LogP contribution in [0.2, 0.25) is 0 Å². The van der Waals surface area contributed by atoms with Crippen molar-refractivity contribution in [2.75, 3.05) is 0 Å². The fourth-order valence-corrected chi connectivity index (χ4v) is 3.24. The summed E-state index contributed by atoms with van der Waals surface area (Å²) in [6, 6.07) is 10.1. The molecule has 0 aliphatic heterocycles. The van der Waals surface area contributed by atoms with Crippen LogP contribution in [0.5, 0.6) is 5.06 Å². The molecule has 5 heteroatoms. The van der Waals surface area contributed by atoms with Crippen molar-refractivity contribution < 1.29 is 12.6 Å². The smallest absolute Gasteiger partial charge is 0.340 e. The molecule has 0 unspecified atom stereocenters. The third-order valence-corrected chi connectivity index (χ3v) is 4.30. The van der Waals surface area contributed by atoms with Gasteiger partial charge in [-0.1, -0.05) is 18.2 Å². The van der Waals surface area contributed by atoms with E-state index in [0.29, 0.717) is 10.6 Å². The molecule has 0 saturated carbocycles. The average molecular weight is 254 g/mol. The Labute approximate surface area is 98.4 Å². The lowest BCUT2D eigenvalue weighted by Crippen LogP contribution is -2.10. The number of hydrogen-bond acceptors (Lipinski definition) is 4. The molecule has 0 spiro atoms. The van der Waals surface area contributed by atoms with Gasteiger partial charge in [0, 0.05) is 0 Å². The van der Waals surface area contributed by atoms with Gasteiger partial charge in [0.1, 0.15) is 4.90 Å². The lowest BCUT2D eigenvalue weighted by atomic mass is 10.2. The Bertz CT molecular complexity index is 571. The maximum Gasteiger partial charge on any atom is 0.340 e. The van der Waals surface area contributed by atoms with Crippen molar-refractivity contribution in [1.29, 1.82) is 0 Å². The van der Waals surface area contributed by atoms with Crippen molar-refractivity contribution >= 4 is 21.5 Å². The van der Waals surface area contributed by atoms with Crippen LogP contribution in [0.3, 0.4) is 0 Å². The lowest BCUT2D eigenvalue weighted by molar-refractivity contribution is 0.492. The zero-order valence-electron chi connectivity index (χ0n) is 8.58. The zero-order chi connectivity index (χ0) is 11.6. The van der Waals surface area contributed by atoms with Crippen LogP contribution in [-0.4, -0.2) is 8.42 Å². The molecule has 1 heterocycles. The molecule has 84 valence electrons. The van der Waals surface area contributed by atoms with Gasteiger partial charge in [-0.05, 0) is 36.1 Å². The third-order valence-electron chi connectivity index (χ3n) is 2.05. The highest BCUT2D eigenvalue weighted by Gasteiger charge is 2.18. The molecule has 0 radical (unpaired) electrons. The standard InChI is InChI=1S/C11H10O3S2/c1-9-5-2-3-6-10(9)16(12,13)14-11-7-4-8-15-11/h2-8H,1H3. The van der Waals surface area contributed by atoms with Gasteiger partial charge in [0.15, 0.2) is 5.06 Å². The van der Waals surface area contributed by atoms with Gasteiger partial charge in [-0.3, -0.25) is 0 Å². The van der Waals surface area contributed by atoms with E-state index in [0.717, 1.165) is 0 Å². The van der Waals surface area contributed by atoms with Crippen molar-refractivity contribution in [3.8, 4) is 5.06 Å². The molecule has 16 heavy (non-hydrogen) atoms. The summed E-state index contributed by atoms with van der Waals surface area (Å²) in [7, 11) is -3.70. The minimum absolute atomic E-state index is 0.211. The van der Waals surface area contributed by atoms with E-state index < -0.39 is 10.1 Å². The highest BCUT2D eigenvalue weighted by atomic mass is 32.2. The normalized spacial score (nSPS) is 11.3. The highest BCUT2D eigenvalue weighted by molar-refractivity contribution is 7.87. The van der Waals surface area contributed by atoms with Crippen LogP contribution in [0.4, 0.5) is 0 Å². The molecule has 3 nitrogen and oxygen atoms in total. The minimum Gasteiger partial charge on any atom is -0.368 e. The molecule has 0 fully saturated rings. The molecular weight excluding hydrogens is 244 g/mol. The molecule has 2 rings (SSSR count). The van der Waals surface area contributed by atoms with Crippen molar-refractivity contribution in [3.05, 3.63) is 47.3 Å². The summed E-state index contributed by atoms with van der Waals surface area (Å²) in [5.74, 6) is 0. The monoisotopic (exact) mass is 254 g/mol. The van der Waals surface area contributed by atoms with E-state index in [4.69, 9.17) is 4.18 Å². The first-order valence-corrected chi connectivity index (χ1v) is 6.92. The topological polar surface area (TPSA) is 43.4 Å². The van der Waals surface area contributed by atoms with E-state index in [1.165, 1.54) is 17.4 Å². The second-order valence-corrected chi connectivity index (χ2v) is 5.66. The molecule has 1 aromatic heterocycles. The molecule has 0 atom stereocenters. The van der Waals surface area contributed by atoms with E-state index >= 15 is 0 Å². The summed E-state index contributed by atoms with van der Waals surface area (Å²) in [6.07, 6.45) is 0. The molecule has 0 N–H and O–H groups in total. The Morgan fingerprint density at radius 3 is 2.50 bits per heavy atom. The fraction of sp³-hybridized carbons (Fsp3) is 0.0909. The van der Waals surface area contributed by atoms with E-state index in [1.807, 2.05) is 0 Å². The Balaban J connectivity index is 2.37. The third kappa shape index (κ3) is 2.25. The summed E-state index contributed by atoms with van der Waals surface area (Å²) >= 11 is 1.25. The Hall–Kier alpha value is -1.33. The molecule has 0 saturated heterocycles. The first kappa shape index (κ1) is 11.2. The first-order valence-electron chi connectivity index (χ1n) is 4.63. The van der Waals surface area contributed by atoms with Gasteiger partial charge in [-0.2, -0.15) is 8.42 Å². The first-order chi connectivity index (χ1) is 7.59. The van der Waals surface area contributed by atoms with Crippen LogP contribution in [0, 0.1) is 6.92 Å². The predicted octanol–water partition coefficient (Wildman–Crippen LogP) is 2.82. The van der Waals surface area contributed by atoms with Gasteiger partial charge in [-0.15, -0.1) is 11.3 Å². The number of benzene rings is 1. The Kier molecular flexibility index (Phi) is 2.98. The fourth-order valence-electron chi connectivity index (χ4n) is 1.30. The average Bonchev–Trinajstić information content (AvgIpc) is 2.70. The maximum atomic E-state index is 11.9. The zero-order valence-corrected chi connectivity index (χ0v) is 10.2. The number of thiophene rings is 1. The van der Waals surface area contributed by atoms with Gasteiger partial charge < -0.3 is 4.18 Å². The van der Waals surface area contributed by atoms with Crippen LogP contribution in [0.15, 0.2) is 46.7 Å². The van der Waals surface area contributed by atoms with E-state index in [2.05, 4.69) is 0 Å². The SMILES string of the molecule is Cc1ccccc1S(=O)(=O)Oc1cccs1. The van der Waals surface area contributed by atoms with Crippen molar-refractivity contribution in [2.45, 2.75) is 11.8 Å². The molecule has 0 bridgehead atoms. The summed E-state index contributed by atoms with van der Waals surface area (Å²) in [4.78, 5) is 0.211. The molecule has 0 aliphatic carbocycles. The summed E-state index contributed by atoms with van der Waals surface area (Å²) in [5, 5.41) is 2.14. The van der Waals surface area contributed by atoms with Crippen molar-refractivity contribution in [1.82, 2.24) is 0 Å². The van der Waals surface area contributed by atoms with Crippen LogP contribution in [0.1, 0.15) is 5.56 Å². The summed E-state index contributed by atoms with van der Waals surface area (Å²) < 4.78 is 28.8. The number of aryl methyl sites for hydroxylation is 1. The second kappa shape index (κ2) is 4.27. The minimum atomic E-state index is -3.70. The molecule has 0 aliphatic rings. The Morgan fingerprint density at radius 1 is 1.12 bits per heavy atom. The van der Waals surface area contributed by atoms with Crippen LogP contribution >= 0.6 is 11.3 Å². The molecular formula is C11H10O3S2. The molecule has 2 aromatic rings. The number of hydrogen-bond donors (Lipinski definition) is 0. The second-order valence-electron chi connectivity index (χ2n) is 3.24. The van der Waals surface area contributed by atoms with Crippen LogP contribution < -0.4 is 4.18 Å². The summed E-state index contributed by atoms with van der Waals surface area (Å²) in [6.45, 7) is 1.74. The predicted molar refractivity (Wildman–Crippen MR) is 63.3 cm³/mol. The van der Waals surface area contributed by atoms with Crippen LogP contribution in [0.25, 0.3) is 0 Å². The van der Waals surface area contributed by atoms with Gasteiger partial charge in [-0.25, -0.2) is 0 Å². The number of rotatable bonds is 3. The van der Waals surface area contributed by atoms with Gasteiger partial charge in [0.2, 0.25) is 0 Å². The van der Waals surface area contributed by atoms with Gasteiger partial charge in [0.05, 0.1) is 0 Å². The van der Waals surface area contributed by atoms with Crippen LogP contribution in [-0.2, 0) is 10.1 Å². The van der Waals surface area contributed by atoms with Gasteiger partial charge >= 0.3 is 10.1 Å². The van der Waals surface area contributed by atoms with E-state index in [-0.39, 0.29) is 4.90 Å². The summed E-state index contributed by atoms with van der Waals surface area (Å²) in [5.41, 5.74) is 0.680. The largest absolute Gasteiger partial charge is 0.368 e.